The lowest BCUT2D eigenvalue weighted by atomic mass is 9.74. The number of amides is 1. The van der Waals surface area contributed by atoms with Crippen molar-refractivity contribution in [1.82, 2.24) is 0 Å². The van der Waals surface area contributed by atoms with Crippen LogP contribution < -0.4 is 11.1 Å². The van der Waals surface area contributed by atoms with Crippen LogP contribution in [0.15, 0.2) is 23.1 Å². The van der Waals surface area contributed by atoms with Crippen molar-refractivity contribution in [2.24, 2.45) is 11.7 Å². The summed E-state index contributed by atoms with van der Waals surface area (Å²) < 4.78 is 23.9. The molecular weight excluding hydrogens is 300 g/mol. The van der Waals surface area contributed by atoms with Gasteiger partial charge in [-0.15, -0.1) is 0 Å². The standard InChI is InChI=1S/C16H22N2O3S/c1-16(17)8-3-2-4-13(16)15(19)18-12-6-5-11-7-9-22(20,21)14(11)10-12/h5-6,10,13H,2-4,7-9,17H2,1H3,(H,18,19). The number of carbonyl (C=O) groups is 1. The molecule has 1 aromatic rings. The summed E-state index contributed by atoms with van der Waals surface area (Å²) in [5, 5.41) is 2.85. The van der Waals surface area contributed by atoms with Gasteiger partial charge in [-0.25, -0.2) is 8.42 Å². The van der Waals surface area contributed by atoms with Gasteiger partial charge in [0.15, 0.2) is 9.84 Å². The molecule has 0 spiro atoms. The Balaban J connectivity index is 1.81. The molecule has 3 rings (SSSR count). The summed E-state index contributed by atoms with van der Waals surface area (Å²) >= 11 is 0. The number of anilines is 1. The lowest BCUT2D eigenvalue weighted by Gasteiger charge is -2.37. The smallest absolute Gasteiger partial charge is 0.229 e. The van der Waals surface area contributed by atoms with Crippen LogP contribution >= 0.6 is 0 Å². The van der Waals surface area contributed by atoms with Crippen molar-refractivity contribution < 1.29 is 13.2 Å². The van der Waals surface area contributed by atoms with Gasteiger partial charge in [0.25, 0.3) is 0 Å². The molecule has 6 heteroatoms. The molecule has 2 unspecified atom stereocenters. The number of fused-ring (bicyclic) bond motifs is 1. The molecule has 1 amide bonds. The number of nitrogens with one attached hydrogen (secondary N) is 1. The van der Waals surface area contributed by atoms with Crippen molar-refractivity contribution >= 4 is 21.4 Å². The van der Waals surface area contributed by atoms with E-state index in [-0.39, 0.29) is 17.6 Å². The highest BCUT2D eigenvalue weighted by Gasteiger charge is 2.38. The molecule has 120 valence electrons. The number of aryl methyl sites for hydroxylation is 1. The quantitative estimate of drug-likeness (QED) is 0.870. The van der Waals surface area contributed by atoms with Gasteiger partial charge in [-0.05, 0) is 43.9 Å². The molecule has 5 nitrogen and oxygen atoms in total. The van der Waals surface area contributed by atoms with Gasteiger partial charge in [-0.1, -0.05) is 18.9 Å². The van der Waals surface area contributed by atoms with Crippen molar-refractivity contribution in [1.29, 1.82) is 0 Å². The van der Waals surface area contributed by atoms with Gasteiger partial charge in [0.1, 0.15) is 0 Å². The Morgan fingerprint density at radius 2 is 2.14 bits per heavy atom. The summed E-state index contributed by atoms with van der Waals surface area (Å²) in [4.78, 5) is 12.9. The number of nitrogens with two attached hydrogens (primary N) is 1. The Kier molecular flexibility index (Phi) is 3.77. The first kappa shape index (κ1) is 15.5. The molecule has 1 aromatic carbocycles. The van der Waals surface area contributed by atoms with Gasteiger partial charge in [0, 0.05) is 11.2 Å². The predicted octanol–water partition coefficient (Wildman–Crippen LogP) is 1.86. The summed E-state index contributed by atoms with van der Waals surface area (Å²) in [6.07, 6.45) is 4.22. The number of carbonyl (C=O) groups excluding carboxylic acids is 1. The molecule has 1 heterocycles. The second-order valence-electron chi connectivity index (χ2n) is 6.68. The predicted molar refractivity (Wildman–Crippen MR) is 85.4 cm³/mol. The van der Waals surface area contributed by atoms with Gasteiger partial charge >= 0.3 is 0 Å². The average molecular weight is 322 g/mol. The highest BCUT2D eigenvalue weighted by molar-refractivity contribution is 7.91. The van der Waals surface area contributed by atoms with Crippen LogP contribution in [0.4, 0.5) is 5.69 Å². The third kappa shape index (κ3) is 2.77. The van der Waals surface area contributed by atoms with E-state index in [1.807, 2.05) is 6.92 Å². The molecule has 3 N–H and O–H groups in total. The minimum Gasteiger partial charge on any atom is -0.326 e. The number of sulfone groups is 1. The first-order valence-electron chi connectivity index (χ1n) is 7.75. The van der Waals surface area contributed by atoms with Gasteiger partial charge < -0.3 is 11.1 Å². The Labute approximate surface area is 131 Å². The minimum absolute atomic E-state index is 0.111. The molecule has 22 heavy (non-hydrogen) atoms. The minimum atomic E-state index is -3.19. The number of benzene rings is 1. The Hall–Kier alpha value is -1.40. The van der Waals surface area contributed by atoms with Gasteiger partial charge in [0.05, 0.1) is 16.6 Å². The van der Waals surface area contributed by atoms with Crippen molar-refractivity contribution in [2.45, 2.75) is 49.5 Å². The second kappa shape index (κ2) is 5.35. The van der Waals surface area contributed by atoms with E-state index in [0.717, 1.165) is 31.2 Å². The van der Waals surface area contributed by atoms with Crippen LogP contribution in [-0.4, -0.2) is 25.6 Å². The van der Waals surface area contributed by atoms with Gasteiger partial charge in [0.2, 0.25) is 5.91 Å². The molecule has 1 aliphatic carbocycles. The summed E-state index contributed by atoms with van der Waals surface area (Å²) in [5.74, 6) is -0.186. The fourth-order valence-electron chi connectivity index (χ4n) is 3.50. The van der Waals surface area contributed by atoms with Crippen molar-refractivity contribution in [3.05, 3.63) is 23.8 Å². The first-order valence-corrected chi connectivity index (χ1v) is 9.40. The molecule has 1 saturated carbocycles. The zero-order chi connectivity index (χ0) is 16.0. The van der Waals surface area contributed by atoms with Crippen molar-refractivity contribution in [3.8, 4) is 0 Å². The molecule has 2 aliphatic rings. The maximum absolute atomic E-state index is 12.5. The number of hydrogen-bond acceptors (Lipinski definition) is 4. The van der Waals surface area contributed by atoms with Gasteiger partial charge in [-0.3, -0.25) is 4.79 Å². The Morgan fingerprint density at radius 1 is 1.36 bits per heavy atom. The molecule has 1 fully saturated rings. The molecule has 0 saturated heterocycles. The molecular formula is C16H22N2O3S. The number of rotatable bonds is 2. The third-order valence-electron chi connectivity index (χ3n) is 4.88. The zero-order valence-corrected chi connectivity index (χ0v) is 13.6. The van der Waals surface area contributed by atoms with Gasteiger partial charge in [-0.2, -0.15) is 0 Å². The fraction of sp³-hybridized carbons (Fsp3) is 0.562. The normalized spacial score (nSPS) is 29.8. The highest BCUT2D eigenvalue weighted by atomic mass is 32.2. The van der Waals surface area contributed by atoms with E-state index in [9.17, 15) is 13.2 Å². The van der Waals surface area contributed by atoms with E-state index in [1.54, 1.807) is 18.2 Å². The van der Waals surface area contributed by atoms with Crippen LogP contribution in [0.2, 0.25) is 0 Å². The topological polar surface area (TPSA) is 89.3 Å². The van der Waals surface area contributed by atoms with Crippen LogP contribution in [0.3, 0.4) is 0 Å². The third-order valence-corrected chi connectivity index (χ3v) is 6.67. The first-order chi connectivity index (χ1) is 10.3. The maximum atomic E-state index is 12.5. The van der Waals surface area contributed by atoms with Crippen LogP contribution in [0, 0.1) is 5.92 Å². The summed E-state index contributed by atoms with van der Waals surface area (Å²) in [5.41, 5.74) is 7.13. The van der Waals surface area contributed by atoms with Crippen LogP contribution in [0.5, 0.6) is 0 Å². The molecule has 0 radical (unpaired) electrons. The van der Waals surface area contributed by atoms with E-state index >= 15 is 0 Å². The Morgan fingerprint density at radius 3 is 2.86 bits per heavy atom. The zero-order valence-electron chi connectivity index (χ0n) is 12.8. The largest absolute Gasteiger partial charge is 0.326 e. The summed E-state index contributed by atoms with van der Waals surface area (Å²) in [6, 6.07) is 5.14. The van der Waals surface area contributed by atoms with Crippen molar-refractivity contribution in [3.63, 3.8) is 0 Å². The maximum Gasteiger partial charge on any atom is 0.229 e. The van der Waals surface area contributed by atoms with Crippen LogP contribution in [-0.2, 0) is 21.1 Å². The molecule has 0 aromatic heterocycles. The Bertz CT molecular complexity index is 710. The monoisotopic (exact) mass is 322 g/mol. The summed E-state index contributed by atoms with van der Waals surface area (Å²) in [6.45, 7) is 1.92. The molecule has 1 aliphatic heterocycles. The van der Waals surface area contributed by atoms with E-state index in [0.29, 0.717) is 17.0 Å². The lowest BCUT2D eigenvalue weighted by molar-refractivity contribution is -0.122. The van der Waals surface area contributed by atoms with E-state index in [2.05, 4.69) is 5.32 Å². The number of hydrogen-bond donors (Lipinski definition) is 2. The SMILES string of the molecule is CC1(N)CCCCC1C(=O)Nc1ccc2c(c1)S(=O)(=O)CC2. The van der Waals surface area contributed by atoms with E-state index in [1.165, 1.54) is 0 Å². The van der Waals surface area contributed by atoms with Crippen LogP contribution in [0.1, 0.15) is 38.2 Å². The average Bonchev–Trinajstić information content (AvgIpc) is 2.74. The summed E-state index contributed by atoms with van der Waals surface area (Å²) in [7, 11) is -3.19. The van der Waals surface area contributed by atoms with Crippen molar-refractivity contribution in [2.75, 3.05) is 11.1 Å². The van der Waals surface area contributed by atoms with E-state index in [4.69, 9.17) is 5.73 Å². The van der Waals surface area contributed by atoms with Crippen LogP contribution in [0.25, 0.3) is 0 Å². The van der Waals surface area contributed by atoms with E-state index < -0.39 is 15.4 Å². The lowest BCUT2D eigenvalue weighted by Crippen LogP contribution is -2.51. The fourth-order valence-corrected chi connectivity index (χ4v) is 5.09. The molecule has 0 bridgehead atoms. The molecule has 2 atom stereocenters. The highest BCUT2D eigenvalue weighted by Crippen LogP contribution is 2.33. The second-order valence-corrected chi connectivity index (χ2v) is 8.76.